The maximum atomic E-state index is 12.6. The van der Waals surface area contributed by atoms with Gasteiger partial charge in [-0.1, -0.05) is 31.0 Å². The van der Waals surface area contributed by atoms with Gasteiger partial charge in [0.1, 0.15) is 0 Å². The zero-order valence-electron chi connectivity index (χ0n) is 16.7. The van der Waals surface area contributed by atoms with Crippen molar-refractivity contribution in [3.63, 3.8) is 0 Å². The molecule has 29 heavy (non-hydrogen) atoms. The molecule has 6 heteroatoms. The van der Waals surface area contributed by atoms with Crippen molar-refractivity contribution < 1.29 is 14.7 Å². The average molecular weight is 396 g/mol. The van der Waals surface area contributed by atoms with Crippen LogP contribution in [0.4, 0.5) is 0 Å². The summed E-state index contributed by atoms with van der Waals surface area (Å²) in [4.78, 5) is 30.7. The maximum Gasteiger partial charge on any atom is 0.223 e. The molecule has 0 radical (unpaired) electrons. The van der Waals surface area contributed by atoms with Gasteiger partial charge in [-0.3, -0.25) is 14.6 Å². The Bertz CT molecular complexity index is 873. The van der Waals surface area contributed by atoms with Crippen LogP contribution in [0.1, 0.15) is 44.1 Å². The minimum atomic E-state index is -0.543. The molecule has 154 valence electrons. The SMILES string of the molecule is O=C(CCC(=O)N1C[C@@H](Cc2ccnc3ccccc23)[C@@H](O)C1)NC1CCCC1. The van der Waals surface area contributed by atoms with E-state index in [2.05, 4.69) is 10.3 Å². The van der Waals surface area contributed by atoms with Gasteiger partial charge >= 0.3 is 0 Å². The molecule has 2 amide bonds. The monoisotopic (exact) mass is 395 g/mol. The fourth-order valence-electron chi connectivity index (χ4n) is 4.62. The van der Waals surface area contributed by atoms with Gasteiger partial charge in [-0.15, -0.1) is 0 Å². The lowest BCUT2D eigenvalue weighted by Crippen LogP contribution is -2.34. The molecule has 1 saturated carbocycles. The molecule has 0 spiro atoms. The first-order chi connectivity index (χ1) is 14.1. The second kappa shape index (κ2) is 8.91. The number of benzene rings is 1. The number of likely N-dealkylation sites (tertiary alicyclic amines) is 1. The van der Waals surface area contributed by atoms with E-state index in [0.717, 1.165) is 29.3 Å². The summed E-state index contributed by atoms with van der Waals surface area (Å²) >= 11 is 0. The minimum Gasteiger partial charge on any atom is -0.391 e. The number of para-hydroxylation sites is 1. The Kier molecular flexibility index (Phi) is 6.09. The number of pyridine rings is 1. The predicted molar refractivity (Wildman–Crippen MR) is 111 cm³/mol. The number of β-amino-alcohol motifs (C(OH)–C–C–N with tert-alkyl or cyclic N) is 1. The van der Waals surface area contributed by atoms with E-state index in [1.54, 1.807) is 11.1 Å². The Morgan fingerprint density at radius 1 is 1.10 bits per heavy atom. The highest BCUT2D eigenvalue weighted by Crippen LogP contribution is 2.26. The van der Waals surface area contributed by atoms with E-state index in [4.69, 9.17) is 0 Å². The van der Waals surface area contributed by atoms with E-state index < -0.39 is 6.10 Å². The minimum absolute atomic E-state index is 0.00271. The molecule has 2 atom stereocenters. The fourth-order valence-corrected chi connectivity index (χ4v) is 4.62. The zero-order valence-corrected chi connectivity index (χ0v) is 16.7. The lowest BCUT2D eigenvalue weighted by molar-refractivity contribution is -0.133. The molecular weight excluding hydrogens is 366 g/mol. The molecular formula is C23H29N3O3. The number of carbonyl (C=O) groups is 2. The summed E-state index contributed by atoms with van der Waals surface area (Å²) in [5.41, 5.74) is 2.09. The van der Waals surface area contributed by atoms with Gasteiger partial charge < -0.3 is 15.3 Å². The highest BCUT2D eigenvalue weighted by Gasteiger charge is 2.34. The number of hydrogen-bond donors (Lipinski definition) is 2. The molecule has 0 bridgehead atoms. The molecule has 1 aliphatic carbocycles. The Morgan fingerprint density at radius 3 is 2.72 bits per heavy atom. The van der Waals surface area contributed by atoms with Gasteiger partial charge in [0.25, 0.3) is 0 Å². The second-order valence-electron chi connectivity index (χ2n) is 8.37. The summed E-state index contributed by atoms with van der Waals surface area (Å²) in [6, 6.07) is 10.3. The fraction of sp³-hybridized carbons (Fsp3) is 0.522. The van der Waals surface area contributed by atoms with Gasteiger partial charge in [0.2, 0.25) is 11.8 Å². The van der Waals surface area contributed by atoms with Crippen LogP contribution >= 0.6 is 0 Å². The Balaban J connectivity index is 1.30. The lowest BCUT2D eigenvalue weighted by atomic mass is 9.94. The number of carbonyl (C=O) groups excluding carboxylic acids is 2. The predicted octanol–water partition coefficient (Wildman–Crippen LogP) is 2.44. The molecule has 2 fully saturated rings. The van der Waals surface area contributed by atoms with Crippen molar-refractivity contribution in [1.82, 2.24) is 15.2 Å². The Labute approximate surface area is 171 Å². The molecule has 1 aromatic heterocycles. The maximum absolute atomic E-state index is 12.6. The highest BCUT2D eigenvalue weighted by molar-refractivity contribution is 5.84. The molecule has 1 aliphatic heterocycles. The average Bonchev–Trinajstić information content (AvgIpc) is 3.36. The topological polar surface area (TPSA) is 82.5 Å². The smallest absolute Gasteiger partial charge is 0.223 e. The summed E-state index contributed by atoms with van der Waals surface area (Å²) in [5.74, 6) is -0.0884. The van der Waals surface area contributed by atoms with Crippen molar-refractivity contribution in [2.45, 2.75) is 57.1 Å². The van der Waals surface area contributed by atoms with Crippen molar-refractivity contribution in [3.05, 3.63) is 42.1 Å². The third-order valence-electron chi connectivity index (χ3n) is 6.27. The van der Waals surface area contributed by atoms with Crippen LogP contribution in [0.2, 0.25) is 0 Å². The largest absolute Gasteiger partial charge is 0.391 e. The standard InChI is InChI=1S/C23H29N3O3/c27-21-15-26(23(29)10-9-22(28)25-18-5-1-2-6-18)14-17(21)13-16-11-12-24-20-8-4-3-7-19(16)20/h3-4,7-8,11-12,17-18,21,27H,1-2,5-6,9-10,13-15H2,(H,25,28)/t17-,21+/m1/s1. The molecule has 4 rings (SSSR count). The van der Waals surface area contributed by atoms with Gasteiger partial charge in [-0.05, 0) is 37.0 Å². The van der Waals surface area contributed by atoms with Gasteiger partial charge in [-0.25, -0.2) is 0 Å². The van der Waals surface area contributed by atoms with Gasteiger partial charge in [0.05, 0.1) is 11.6 Å². The van der Waals surface area contributed by atoms with E-state index in [0.29, 0.717) is 19.5 Å². The molecule has 6 nitrogen and oxygen atoms in total. The number of hydrogen-bond acceptors (Lipinski definition) is 4. The number of aromatic nitrogens is 1. The molecule has 2 heterocycles. The van der Waals surface area contributed by atoms with Gasteiger partial charge in [-0.2, -0.15) is 0 Å². The Hall–Kier alpha value is -2.47. The molecule has 1 aromatic carbocycles. The first-order valence-corrected chi connectivity index (χ1v) is 10.7. The van der Waals surface area contributed by atoms with Crippen LogP contribution in [0.5, 0.6) is 0 Å². The molecule has 2 aliphatic rings. The Morgan fingerprint density at radius 2 is 1.90 bits per heavy atom. The zero-order chi connectivity index (χ0) is 20.2. The summed E-state index contributed by atoms with van der Waals surface area (Å²) in [6.45, 7) is 0.873. The third kappa shape index (κ3) is 4.75. The van der Waals surface area contributed by atoms with Crippen LogP contribution < -0.4 is 5.32 Å². The van der Waals surface area contributed by atoms with Crippen LogP contribution in [0, 0.1) is 5.92 Å². The number of nitrogens with one attached hydrogen (secondary N) is 1. The van der Waals surface area contributed by atoms with E-state index in [1.165, 1.54) is 12.8 Å². The first-order valence-electron chi connectivity index (χ1n) is 10.7. The molecule has 2 aromatic rings. The molecule has 1 saturated heterocycles. The van der Waals surface area contributed by atoms with Crippen molar-refractivity contribution in [2.75, 3.05) is 13.1 Å². The second-order valence-corrected chi connectivity index (χ2v) is 8.37. The first kappa shape index (κ1) is 19.8. The van der Waals surface area contributed by atoms with Crippen molar-refractivity contribution in [3.8, 4) is 0 Å². The van der Waals surface area contributed by atoms with E-state index >= 15 is 0 Å². The number of nitrogens with zero attached hydrogens (tertiary/aromatic N) is 2. The number of fused-ring (bicyclic) bond motifs is 1. The summed E-state index contributed by atoms with van der Waals surface area (Å²) < 4.78 is 0. The number of aliphatic hydroxyl groups excluding tert-OH is 1. The third-order valence-corrected chi connectivity index (χ3v) is 6.27. The normalized spacial score (nSPS) is 22.3. The highest BCUT2D eigenvalue weighted by atomic mass is 16.3. The number of rotatable bonds is 6. The van der Waals surface area contributed by atoms with Crippen molar-refractivity contribution >= 4 is 22.7 Å². The van der Waals surface area contributed by atoms with Crippen LogP contribution in [-0.4, -0.2) is 52.0 Å². The summed E-state index contributed by atoms with van der Waals surface area (Å²) in [7, 11) is 0. The van der Waals surface area contributed by atoms with Crippen molar-refractivity contribution in [1.29, 1.82) is 0 Å². The van der Waals surface area contributed by atoms with Crippen LogP contribution in [-0.2, 0) is 16.0 Å². The van der Waals surface area contributed by atoms with Crippen LogP contribution in [0.15, 0.2) is 36.5 Å². The summed E-state index contributed by atoms with van der Waals surface area (Å²) in [5, 5.41) is 14.6. The quantitative estimate of drug-likeness (QED) is 0.787. The summed E-state index contributed by atoms with van der Waals surface area (Å²) in [6.07, 6.45) is 6.82. The van der Waals surface area contributed by atoms with Crippen LogP contribution in [0.25, 0.3) is 10.9 Å². The molecule has 2 N–H and O–H groups in total. The van der Waals surface area contributed by atoms with Crippen molar-refractivity contribution in [2.24, 2.45) is 5.92 Å². The van der Waals surface area contributed by atoms with Crippen LogP contribution in [0.3, 0.4) is 0 Å². The number of aliphatic hydroxyl groups is 1. The van der Waals surface area contributed by atoms with E-state index in [9.17, 15) is 14.7 Å². The van der Waals surface area contributed by atoms with E-state index in [-0.39, 0.29) is 36.6 Å². The molecule has 0 unspecified atom stereocenters. The van der Waals surface area contributed by atoms with E-state index in [1.807, 2.05) is 30.3 Å². The van der Waals surface area contributed by atoms with Gasteiger partial charge in [0, 0.05) is 49.5 Å². The number of amides is 2. The van der Waals surface area contributed by atoms with Gasteiger partial charge in [0.15, 0.2) is 0 Å². The lowest BCUT2D eigenvalue weighted by Gasteiger charge is -2.17.